The third-order valence-corrected chi connectivity index (χ3v) is 5.59. The van der Waals surface area contributed by atoms with Gasteiger partial charge in [-0.05, 0) is 42.1 Å². The van der Waals surface area contributed by atoms with Crippen molar-refractivity contribution in [1.82, 2.24) is 10.0 Å². The molecule has 0 fully saturated rings. The average molecular weight is 382 g/mol. The van der Waals surface area contributed by atoms with Gasteiger partial charge in [0.25, 0.3) is 5.91 Å². The number of amides is 1. The normalized spacial score (nSPS) is 11.2. The Bertz CT molecular complexity index is 815. The van der Waals surface area contributed by atoms with Crippen LogP contribution in [0.4, 0.5) is 0 Å². The lowest BCUT2D eigenvalue weighted by Gasteiger charge is -2.07. The first-order valence-corrected chi connectivity index (χ1v) is 9.87. The molecule has 1 amide bonds. The van der Waals surface area contributed by atoms with Crippen LogP contribution in [0.3, 0.4) is 0 Å². The summed E-state index contributed by atoms with van der Waals surface area (Å²) in [6.07, 6.45) is 0.313. The summed E-state index contributed by atoms with van der Waals surface area (Å²) in [6, 6.07) is 9.26. The van der Waals surface area contributed by atoms with Crippen molar-refractivity contribution >= 4 is 33.2 Å². The lowest BCUT2D eigenvalue weighted by molar-refractivity contribution is -0.137. The van der Waals surface area contributed by atoms with E-state index >= 15 is 0 Å². The third-order valence-electron chi connectivity index (χ3n) is 3.30. The number of nitrogens with one attached hydrogen (secondary N) is 2. The van der Waals surface area contributed by atoms with E-state index < -0.39 is 16.0 Å². The zero-order valence-electron chi connectivity index (χ0n) is 13.3. The molecule has 0 atom stereocenters. The van der Waals surface area contributed by atoms with Gasteiger partial charge in [-0.15, -0.1) is 11.3 Å². The number of carboxylic acids is 1. The first-order chi connectivity index (χ1) is 11.9. The Kier molecular flexibility index (Phi) is 6.68. The smallest absolute Gasteiger partial charge is 0.303 e. The van der Waals surface area contributed by atoms with Crippen molar-refractivity contribution in [3.8, 4) is 0 Å². The van der Waals surface area contributed by atoms with Gasteiger partial charge in [0.2, 0.25) is 10.0 Å². The lowest BCUT2D eigenvalue weighted by Crippen LogP contribution is -2.25. The maximum atomic E-state index is 12.2. The van der Waals surface area contributed by atoms with Gasteiger partial charge in [0, 0.05) is 30.0 Å². The second-order valence-corrected chi connectivity index (χ2v) is 7.98. The van der Waals surface area contributed by atoms with E-state index in [9.17, 15) is 18.0 Å². The van der Waals surface area contributed by atoms with E-state index in [1.807, 2.05) is 17.5 Å². The largest absolute Gasteiger partial charge is 0.481 e. The van der Waals surface area contributed by atoms with E-state index in [1.54, 1.807) is 0 Å². The third kappa shape index (κ3) is 5.96. The molecule has 7 nitrogen and oxygen atoms in total. The van der Waals surface area contributed by atoms with Gasteiger partial charge in [-0.1, -0.05) is 6.07 Å². The highest BCUT2D eigenvalue weighted by atomic mass is 32.2. The summed E-state index contributed by atoms with van der Waals surface area (Å²) >= 11 is 1.46. The average Bonchev–Trinajstić information content (AvgIpc) is 3.10. The van der Waals surface area contributed by atoms with Crippen LogP contribution in [-0.4, -0.2) is 31.9 Å². The Balaban J connectivity index is 1.91. The maximum Gasteiger partial charge on any atom is 0.303 e. The van der Waals surface area contributed by atoms with Gasteiger partial charge in [-0.3, -0.25) is 9.59 Å². The number of hydrogen-bond acceptors (Lipinski definition) is 5. The van der Waals surface area contributed by atoms with Gasteiger partial charge in [0.05, 0.1) is 4.90 Å². The molecule has 0 saturated heterocycles. The zero-order valence-corrected chi connectivity index (χ0v) is 14.9. The molecule has 2 aromatic rings. The number of carbonyl (C=O) groups excluding carboxylic acids is 1. The summed E-state index contributed by atoms with van der Waals surface area (Å²) in [4.78, 5) is 23.3. The first-order valence-electron chi connectivity index (χ1n) is 7.50. The monoisotopic (exact) mass is 382 g/mol. The molecular formula is C16H18N2O5S2. The van der Waals surface area contributed by atoms with Crippen molar-refractivity contribution in [3.63, 3.8) is 0 Å². The van der Waals surface area contributed by atoms with E-state index in [-0.39, 0.29) is 30.3 Å². The molecule has 2 rings (SSSR count). The van der Waals surface area contributed by atoms with Crippen LogP contribution in [0.15, 0.2) is 46.7 Å². The Morgan fingerprint density at radius 2 is 1.84 bits per heavy atom. The van der Waals surface area contributed by atoms with E-state index in [1.165, 1.54) is 35.6 Å². The highest BCUT2D eigenvalue weighted by Crippen LogP contribution is 2.13. The van der Waals surface area contributed by atoms with Gasteiger partial charge in [0.1, 0.15) is 0 Å². The second-order valence-electron chi connectivity index (χ2n) is 5.18. The van der Waals surface area contributed by atoms with Crippen LogP contribution in [0, 0.1) is 0 Å². The fourth-order valence-electron chi connectivity index (χ4n) is 1.99. The van der Waals surface area contributed by atoms with Crippen LogP contribution in [0.25, 0.3) is 0 Å². The maximum absolute atomic E-state index is 12.2. The van der Waals surface area contributed by atoms with E-state index in [0.717, 1.165) is 4.88 Å². The molecule has 1 aromatic carbocycles. The predicted octanol–water partition coefficient (Wildman–Crippen LogP) is 1.82. The molecule has 0 bridgehead atoms. The molecule has 1 aromatic heterocycles. The van der Waals surface area contributed by atoms with E-state index in [4.69, 9.17) is 5.11 Å². The highest BCUT2D eigenvalue weighted by Gasteiger charge is 2.15. The molecular weight excluding hydrogens is 364 g/mol. The van der Waals surface area contributed by atoms with Gasteiger partial charge in [-0.2, -0.15) is 0 Å². The zero-order chi connectivity index (χ0) is 18.3. The van der Waals surface area contributed by atoms with Crippen molar-refractivity contribution in [3.05, 3.63) is 52.2 Å². The Hall–Kier alpha value is -2.23. The van der Waals surface area contributed by atoms with Crippen LogP contribution >= 0.6 is 11.3 Å². The second kappa shape index (κ2) is 8.75. The number of rotatable bonds is 9. The Morgan fingerprint density at radius 1 is 1.12 bits per heavy atom. The topological polar surface area (TPSA) is 113 Å². The molecule has 25 heavy (non-hydrogen) atoms. The van der Waals surface area contributed by atoms with Crippen molar-refractivity contribution in [1.29, 1.82) is 0 Å². The summed E-state index contributed by atoms with van der Waals surface area (Å²) in [5.41, 5.74) is 0.313. The fraction of sp³-hybridized carbons (Fsp3) is 0.250. The molecule has 0 aliphatic rings. The molecule has 3 N–H and O–H groups in total. The summed E-state index contributed by atoms with van der Waals surface area (Å²) in [5, 5.41) is 13.0. The van der Waals surface area contributed by atoms with Gasteiger partial charge in [0.15, 0.2) is 0 Å². The van der Waals surface area contributed by atoms with Crippen LogP contribution in [-0.2, 0) is 21.4 Å². The van der Waals surface area contributed by atoms with Gasteiger partial charge < -0.3 is 10.4 Å². The van der Waals surface area contributed by atoms with Crippen molar-refractivity contribution < 1.29 is 23.1 Å². The number of thiophene rings is 1. The summed E-state index contributed by atoms with van der Waals surface area (Å²) < 4.78 is 26.9. The van der Waals surface area contributed by atoms with E-state index in [0.29, 0.717) is 12.0 Å². The number of carbonyl (C=O) groups is 2. The molecule has 0 aliphatic heterocycles. The highest BCUT2D eigenvalue weighted by molar-refractivity contribution is 7.89. The van der Waals surface area contributed by atoms with Crippen molar-refractivity contribution in [2.24, 2.45) is 0 Å². The van der Waals surface area contributed by atoms with Gasteiger partial charge in [-0.25, -0.2) is 13.1 Å². The minimum Gasteiger partial charge on any atom is -0.481 e. The first kappa shape index (κ1) is 19.1. The van der Waals surface area contributed by atoms with Crippen LogP contribution in [0.5, 0.6) is 0 Å². The number of aliphatic carboxylic acids is 1. The number of benzene rings is 1. The molecule has 1 heterocycles. The Labute approximate surface area is 149 Å². The number of carboxylic acid groups (broad SMARTS) is 1. The minimum absolute atomic E-state index is 0.0205. The summed E-state index contributed by atoms with van der Waals surface area (Å²) in [5.74, 6) is -1.29. The molecule has 0 radical (unpaired) electrons. The summed E-state index contributed by atoms with van der Waals surface area (Å²) in [7, 11) is -3.65. The quantitative estimate of drug-likeness (QED) is 0.573. The SMILES string of the molecule is O=C(O)CCCNC(=O)c1ccc(S(=O)(=O)NCc2cccs2)cc1. The molecule has 0 spiro atoms. The van der Waals surface area contributed by atoms with Gasteiger partial charge >= 0.3 is 5.97 Å². The van der Waals surface area contributed by atoms with E-state index in [2.05, 4.69) is 10.0 Å². The minimum atomic E-state index is -3.65. The van der Waals surface area contributed by atoms with Crippen molar-refractivity contribution in [2.45, 2.75) is 24.3 Å². The lowest BCUT2D eigenvalue weighted by atomic mass is 10.2. The standard InChI is InChI=1S/C16H18N2O5S2/c19-15(20)4-1-9-17-16(21)12-5-7-14(8-6-12)25(22,23)18-11-13-3-2-10-24-13/h2-3,5-8,10,18H,1,4,9,11H2,(H,17,21)(H,19,20). The molecule has 134 valence electrons. The number of hydrogen-bond donors (Lipinski definition) is 3. The van der Waals surface area contributed by atoms with Crippen LogP contribution in [0.1, 0.15) is 28.1 Å². The molecule has 0 unspecified atom stereocenters. The molecule has 0 aliphatic carbocycles. The molecule has 9 heteroatoms. The Morgan fingerprint density at radius 3 is 2.44 bits per heavy atom. The summed E-state index contributed by atoms with van der Waals surface area (Å²) in [6.45, 7) is 0.458. The predicted molar refractivity (Wildman–Crippen MR) is 94.0 cm³/mol. The molecule has 0 saturated carbocycles. The van der Waals surface area contributed by atoms with Crippen molar-refractivity contribution in [2.75, 3.05) is 6.54 Å². The van der Waals surface area contributed by atoms with Crippen LogP contribution < -0.4 is 10.0 Å². The number of sulfonamides is 1. The fourth-order valence-corrected chi connectivity index (χ4v) is 3.73. The van der Waals surface area contributed by atoms with Crippen LogP contribution in [0.2, 0.25) is 0 Å².